The van der Waals surface area contributed by atoms with Gasteiger partial charge in [-0.25, -0.2) is 4.98 Å². The highest BCUT2D eigenvalue weighted by molar-refractivity contribution is 7.11. The zero-order valence-electron chi connectivity index (χ0n) is 15.1. The minimum Gasteiger partial charge on any atom is -0.490 e. The number of aliphatic imine (C=N–C) groups is 1. The first-order chi connectivity index (χ1) is 12.2. The number of benzene rings is 1. The number of hydrogen-bond donors (Lipinski definition) is 2. The van der Waals surface area contributed by atoms with E-state index in [4.69, 9.17) is 4.74 Å². The second kappa shape index (κ2) is 8.34. The Morgan fingerprint density at radius 1 is 1.24 bits per heavy atom. The molecule has 0 atom stereocenters. The van der Waals surface area contributed by atoms with E-state index >= 15 is 0 Å². The number of aromatic nitrogens is 1. The zero-order chi connectivity index (χ0) is 17.6. The lowest BCUT2D eigenvalue weighted by molar-refractivity contribution is 0.119. The summed E-state index contributed by atoms with van der Waals surface area (Å²) in [5.74, 6) is 1.76. The molecule has 6 heteroatoms. The van der Waals surface area contributed by atoms with E-state index in [1.807, 2.05) is 26.0 Å². The van der Waals surface area contributed by atoms with Crippen LogP contribution in [0, 0.1) is 13.8 Å². The predicted molar refractivity (Wildman–Crippen MR) is 103 cm³/mol. The van der Waals surface area contributed by atoms with Gasteiger partial charge in [-0.15, -0.1) is 11.3 Å². The maximum atomic E-state index is 6.09. The summed E-state index contributed by atoms with van der Waals surface area (Å²) in [6.45, 7) is 5.50. The summed E-state index contributed by atoms with van der Waals surface area (Å²) in [6, 6.07) is 8.23. The zero-order valence-corrected chi connectivity index (χ0v) is 15.9. The van der Waals surface area contributed by atoms with Crippen molar-refractivity contribution in [2.45, 2.75) is 52.3 Å². The van der Waals surface area contributed by atoms with Gasteiger partial charge in [0, 0.05) is 24.0 Å². The van der Waals surface area contributed by atoms with Crippen LogP contribution in [0.15, 0.2) is 29.3 Å². The lowest BCUT2D eigenvalue weighted by Gasteiger charge is -2.27. The Morgan fingerprint density at radius 3 is 2.64 bits per heavy atom. The number of rotatable bonds is 6. The van der Waals surface area contributed by atoms with Gasteiger partial charge >= 0.3 is 0 Å². The average molecular weight is 359 g/mol. The van der Waals surface area contributed by atoms with Crippen molar-refractivity contribution in [3.8, 4) is 5.75 Å². The molecule has 2 N–H and O–H groups in total. The third kappa shape index (κ3) is 4.72. The Hall–Kier alpha value is -2.08. The fourth-order valence-corrected chi connectivity index (χ4v) is 3.61. The third-order valence-electron chi connectivity index (χ3n) is 4.40. The third-order valence-corrected chi connectivity index (χ3v) is 5.48. The quantitative estimate of drug-likeness (QED) is 0.612. The van der Waals surface area contributed by atoms with Gasteiger partial charge in [0.15, 0.2) is 5.96 Å². The molecule has 0 spiro atoms. The monoisotopic (exact) mass is 358 g/mol. The summed E-state index contributed by atoms with van der Waals surface area (Å²) < 4.78 is 6.09. The molecule has 0 aliphatic heterocycles. The maximum absolute atomic E-state index is 6.09. The predicted octanol–water partition coefficient (Wildman–Crippen LogP) is 3.56. The first-order valence-electron chi connectivity index (χ1n) is 8.77. The standard InChI is InChI=1S/C19H26N4OS/c1-13-18(25-14(2)23-13)12-22-19(20-3)21-11-15-7-4-5-10-17(15)24-16-8-6-9-16/h4-5,7,10,16H,6,8-9,11-12H2,1-3H3,(H2,20,21,22). The Balaban J connectivity index is 1.55. The molecule has 1 fully saturated rings. The lowest BCUT2D eigenvalue weighted by atomic mass is 9.96. The van der Waals surface area contributed by atoms with Gasteiger partial charge in [0.2, 0.25) is 0 Å². The Labute approximate surface area is 153 Å². The molecule has 0 unspecified atom stereocenters. The molecule has 0 radical (unpaired) electrons. The van der Waals surface area contributed by atoms with Crippen LogP contribution in [0.2, 0.25) is 0 Å². The molecular weight excluding hydrogens is 332 g/mol. The Kier molecular flexibility index (Phi) is 5.91. The van der Waals surface area contributed by atoms with Gasteiger partial charge in [0.25, 0.3) is 0 Å². The molecule has 1 heterocycles. The molecule has 1 aliphatic rings. The number of nitrogens with zero attached hydrogens (tertiary/aromatic N) is 2. The molecule has 1 aromatic heterocycles. The first kappa shape index (κ1) is 17.7. The van der Waals surface area contributed by atoms with Crippen LogP contribution in [0.4, 0.5) is 0 Å². The van der Waals surface area contributed by atoms with Crippen molar-refractivity contribution >= 4 is 17.3 Å². The highest BCUT2D eigenvalue weighted by Crippen LogP contribution is 2.27. The van der Waals surface area contributed by atoms with Crippen molar-refractivity contribution in [2.24, 2.45) is 4.99 Å². The molecule has 3 rings (SSSR count). The lowest BCUT2D eigenvalue weighted by Crippen LogP contribution is -2.36. The molecule has 1 aliphatic carbocycles. The maximum Gasteiger partial charge on any atom is 0.191 e. The number of aryl methyl sites for hydroxylation is 2. The summed E-state index contributed by atoms with van der Waals surface area (Å²) >= 11 is 1.72. The van der Waals surface area contributed by atoms with Crippen LogP contribution in [0.25, 0.3) is 0 Å². The normalized spacial score (nSPS) is 14.9. The summed E-state index contributed by atoms with van der Waals surface area (Å²) in [5, 5.41) is 7.83. The number of hydrogen-bond acceptors (Lipinski definition) is 4. The van der Waals surface area contributed by atoms with Gasteiger partial charge in [-0.05, 0) is 39.2 Å². The van der Waals surface area contributed by atoms with Crippen molar-refractivity contribution in [1.29, 1.82) is 0 Å². The highest BCUT2D eigenvalue weighted by Gasteiger charge is 2.20. The van der Waals surface area contributed by atoms with Gasteiger partial charge < -0.3 is 15.4 Å². The first-order valence-corrected chi connectivity index (χ1v) is 9.59. The molecule has 5 nitrogen and oxygen atoms in total. The minimum atomic E-state index is 0.385. The highest BCUT2D eigenvalue weighted by atomic mass is 32.1. The van der Waals surface area contributed by atoms with Gasteiger partial charge in [0.1, 0.15) is 5.75 Å². The van der Waals surface area contributed by atoms with Crippen LogP contribution < -0.4 is 15.4 Å². The minimum absolute atomic E-state index is 0.385. The second-order valence-corrected chi connectivity index (χ2v) is 7.59. The molecule has 25 heavy (non-hydrogen) atoms. The van der Waals surface area contributed by atoms with Gasteiger partial charge in [-0.2, -0.15) is 0 Å². The van der Waals surface area contributed by atoms with E-state index in [2.05, 4.69) is 32.7 Å². The van der Waals surface area contributed by atoms with E-state index in [1.165, 1.54) is 24.1 Å². The van der Waals surface area contributed by atoms with E-state index in [-0.39, 0.29) is 0 Å². The van der Waals surface area contributed by atoms with Crippen molar-refractivity contribution in [1.82, 2.24) is 15.6 Å². The van der Waals surface area contributed by atoms with Crippen LogP contribution >= 0.6 is 11.3 Å². The Morgan fingerprint density at radius 2 is 2.00 bits per heavy atom. The SMILES string of the molecule is CN=C(NCc1ccccc1OC1CCC1)NCc1sc(C)nc1C. The molecule has 0 saturated heterocycles. The second-order valence-electron chi connectivity index (χ2n) is 6.30. The van der Waals surface area contributed by atoms with Gasteiger partial charge in [-0.1, -0.05) is 18.2 Å². The number of nitrogens with one attached hydrogen (secondary N) is 2. The molecule has 0 bridgehead atoms. The van der Waals surface area contributed by atoms with E-state index in [1.54, 1.807) is 18.4 Å². The topological polar surface area (TPSA) is 58.5 Å². The van der Waals surface area contributed by atoms with Gasteiger partial charge in [-0.3, -0.25) is 4.99 Å². The number of para-hydroxylation sites is 1. The van der Waals surface area contributed by atoms with Gasteiger partial charge in [0.05, 0.1) is 23.4 Å². The van der Waals surface area contributed by atoms with E-state index in [9.17, 15) is 0 Å². The number of ether oxygens (including phenoxy) is 1. The summed E-state index contributed by atoms with van der Waals surface area (Å²) in [4.78, 5) is 10.0. The molecule has 1 saturated carbocycles. The fraction of sp³-hybridized carbons (Fsp3) is 0.474. The molecule has 134 valence electrons. The fourth-order valence-electron chi connectivity index (χ4n) is 2.73. The molecular formula is C19H26N4OS. The molecule has 2 aromatic rings. The van der Waals surface area contributed by atoms with Crippen LogP contribution in [0.5, 0.6) is 5.75 Å². The van der Waals surface area contributed by atoms with Crippen molar-refractivity contribution < 1.29 is 4.74 Å². The summed E-state index contributed by atoms with van der Waals surface area (Å²) in [6.07, 6.45) is 3.99. The van der Waals surface area contributed by atoms with E-state index in [0.717, 1.165) is 34.5 Å². The van der Waals surface area contributed by atoms with Crippen molar-refractivity contribution in [3.05, 3.63) is 45.4 Å². The summed E-state index contributed by atoms with van der Waals surface area (Å²) in [5.41, 5.74) is 2.24. The average Bonchev–Trinajstić information content (AvgIpc) is 2.89. The number of guanidine groups is 1. The largest absolute Gasteiger partial charge is 0.490 e. The number of thiazole rings is 1. The van der Waals surface area contributed by atoms with Crippen molar-refractivity contribution in [3.63, 3.8) is 0 Å². The van der Waals surface area contributed by atoms with E-state index in [0.29, 0.717) is 12.6 Å². The van der Waals surface area contributed by atoms with Crippen LogP contribution in [0.1, 0.15) is 40.4 Å². The van der Waals surface area contributed by atoms with Crippen LogP contribution in [-0.2, 0) is 13.1 Å². The smallest absolute Gasteiger partial charge is 0.191 e. The van der Waals surface area contributed by atoms with Crippen LogP contribution in [-0.4, -0.2) is 24.1 Å². The summed E-state index contributed by atoms with van der Waals surface area (Å²) in [7, 11) is 1.79. The van der Waals surface area contributed by atoms with E-state index < -0.39 is 0 Å². The molecule has 0 amide bonds. The van der Waals surface area contributed by atoms with Crippen LogP contribution in [0.3, 0.4) is 0 Å². The Bertz CT molecular complexity index is 737. The molecule has 1 aromatic carbocycles. The van der Waals surface area contributed by atoms with Crippen molar-refractivity contribution in [2.75, 3.05) is 7.05 Å².